The number of hydrogen-bond acceptors (Lipinski definition) is 2. The van der Waals surface area contributed by atoms with Crippen LogP contribution < -0.4 is 5.73 Å². The molecule has 3 nitrogen and oxygen atoms in total. The maximum Gasteiger partial charge on any atom is 0.419 e. The van der Waals surface area contributed by atoms with Crippen LogP contribution in [0.25, 0.3) is 0 Å². The van der Waals surface area contributed by atoms with Crippen LogP contribution >= 0.6 is 0 Å². The van der Waals surface area contributed by atoms with Gasteiger partial charge in [-0.3, -0.25) is 4.79 Å². The Bertz CT molecular complexity index is 536. The molecule has 0 saturated carbocycles. The number of nitrogens with zero attached hydrogens (tertiary/aromatic N) is 1. The second-order valence-corrected chi connectivity index (χ2v) is 5.04. The molecule has 0 radical (unpaired) electrons. The molecule has 1 aromatic rings. The molecule has 1 heterocycles. The van der Waals surface area contributed by atoms with Crippen LogP contribution in [0.15, 0.2) is 18.2 Å². The van der Waals surface area contributed by atoms with Crippen molar-refractivity contribution in [2.24, 2.45) is 5.73 Å². The van der Waals surface area contributed by atoms with Gasteiger partial charge >= 0.3 is 6.18 Å². The van der Waals surface area contributed by atoms with E-state index in [4.69, 9.17) is 5.73 Å². The molecule has 0 aliphatic carbocycles. The molecule has 0 bridgehead atoms. The van der Waals surface area contributed by atoms with Crippen molar-refractivity contribution in [2.45, 2.75) is 25.1 Å². The Morgan fingerprint density at radius 2 is 2.00 bits per heavy atom. The summed E-state index contributed by atoms with van der Waals surface area (Å²) in [7, 11) is 0. The van der Waals surface area contributed by atoms with Gasteiger partial charge in [-0.2, -0.15) is 13.2 Å². The number of carbonyl (C=O) groups excluding carboxylic acids is 1. The fourth-order valence-corrected chi connectivity index (χ4v) is 2.17. The first-order valence-electron chi connectivity index (χ1n) is 6.12. The van der Waals surface area contributed by atoms with E-state index in [1.165, 1.54) is 4.90 Å². The van der Waals surface area contributed by atoms with Crippen LogP contribution in [-0.4, -0.2) is 29.4 Å². The fraction of sp³-hybridized carbons (Fsp3) is 0.462. The molecule has 0 spiro atoms. The second-order valence-electron chi connectivity index (χ2n) is 5.04. The van der Waals surface area contributed by atoms with Gasteiger partial charge in [0.2, 0.25) is 0 Å². The molecule has 1 saturated heterocycles. The van der Waals surface area contributed by atoms with E-state index < -0.39 is 34.6 Å². The van der Waals surface area contributed by atoms with E-state index in [-0.39, 0.29) is 13.1 Å². The quantitative estimate of drug-likeness (QED) is 0.850. The molecule has 1 amide bonds. The van der Waals surface area contributed by atoms with Gasteiger partial charge in [-0.05, 0) is 18.6 Å². The second kappa shape index (κ2) is 4.73. The highest BCUT2D eigenvalue weighted by atomic mass is 19.4. The number of likely N-dealkylation sites (tertiary alicyclic amines) is 1. The van der Waals surface area contributed by atoms with E-state index in [0.717, 1.165) is 12.1 Å². The average molecular weight is 290 g/mol. The first kappa shape index (κ1) is 14.8. The molecule has 7 heteroatoms. The normalized spacial score (nSPS) is 17.8. The summed E-state index contributed by atoms with van der Waals surface area (Å²) in [4.78, 5) is 13.2. The van der Waals surface area contributed by atoms with Gasteiger partial charge in [0, 0.05) is 13.1 Å². The molecule has 1 aliphatic heterocycles. The largest absolute Gasteiger partial charge is 0.419 e. The van der Waals surface area contributed by atoms with Crippen LogP contribution in [0.5, 0.6) is 0 Å². The minimum absolute atomic E-state index is 0.220. The topological polar surface area (TPSA) is 46.3 Å². The third-order valence-corrected chi connectivity index (χ3v) is 3.54. The molecule has 2 rings (SSSR count). The maximum atomic E-state index is 13.8. The SMILES string of the molecule is CCC1(N)CN(C(=O)c2cccc(C(F)(F)F)c2F)C1. The van der Waals surface area contributed by atoms with Gasteiger partial charge in [0.15, 0.2) is 0 Å². The number of carbonyl (C=O) groups is 1. The smallest absolute Gasteiger partial charge is 0.335 e. The van der Waals surface area contributed by atoms with E-state index >= 15 is 0 Å². The highest BCUT2D eigenvalue weighted by Gasteiger charge is 2.42. The fourth-order valence-electron chi connectivity index (χ4n) is 2.17. The van der Waals surface area contributed by atoms with Crippen molar-refractivity contribution in [3.05, 3.63) is 35.1 Å². The minimum atomic E-state index is -4.82. The Hall–Kier alpha value is -1.63. The molecule has 20 heavy (non-hydrogen) atoms. The number of alkyl halides is 3. The van der Waals surface area contributed by atoms with Crippen LogP contribution in [0.1, 0.15) is 29.3 Å². The summed E-state index contributed by atoms with van der Waals surface area (Å²) in [6.07, 6.45) is -4.18. The zero-order chi connectivity index (χ0) is 15.1. The summed E-state index contributed by atoms with van der Waals surface area (Å²) in [5.74, 6) is -2.29. The lowest BCUT2D eigenvalue weighted by molar-refractivity contribution is -0.140. The van der Waals surface area contributed by atoms with Crippen molar-refractivity contribution in [1.82, 2.24) is 4.90 Å². The molecule has 0 unspecified atom stereocenters. The van der Waals surface area contributed by atoms with Crippen LogP contribution in [0.2, 0.25) is 0 Å². The molecule has 1 aliphatic rings. The summed E-state index contributed by atoms with van der Waals surface area (Å²) in [5.41, 5.74) is 3.35. The lowest BCUT2D eigenvalue weighted by atomic mass is 9.87. The minimum Gasteiger partial charge on any atom is -0.335 e. The zero-order valence-corrected chi connectivity index (χ0v) is 10.8. The highest BCUT2D eigenvalue weighted by Crippen LogP contribution is 2.33. The third kappa shape index (κ3) is 2.49. The van der Waals surface area contributed by atoms with Crippen molar-refractivity contribution in [2.75, 3.05) is 13.1 Å². The van der Waals surface area contributed by atoms with Crippen molar-refractivity contribution in [3.63, 3.8) is 0 Å². The van der Waals surface area contributed by atoms with Crippen molar-refractivity contribution in [1.29, 1.82) is 0 Å². The Labute approximate surface area is 113 Å². The lowest BCUT2D eigenvalue weighted by Gasteiger charge is -2.47. The Morgan fingerprint density at radius 1 is 1.40 bits per heavy atom. The predicted molar refractivity (Wildman–Crippen MR) is 64.5 cm³/mol. The number of benzene rings is 1. The lowest BCUT2D eigenvalue weighted by Crippen LogP contribution is -2.68. The Kier molecular flexibility index (Phi) is 3.49. The Balaban J connectivity index is 2.25. The summed E-state index contributed by atoms with van der Waals surface area (Å²) in [6, 6.07) is 2.69. The molecule has 110 valence electrons. The molecule has 2 N–H and O–H groups in total. The summed E-state index contributed by atoms with van der Waals surface area (Å²) in [5, 5.41) is 0. The van der Waals surface area contributed by atoms with Gasteiger partial charge in [-0.1, -0.05) is 13.0 Å². The molecule has 1 fully saturated rings. The first-order chi connectivity index (χ1) is 9.18. The van der Waals surface area contributed by atoms with Gasteiger partial charge in [0.1, 0.15) is 5.82 Å². The number of rotatable bonds is 2. The number of nitrogens with two attached hydrogens (primary N) is 1. The zero-order valence-electron chi connectivity index (χ0n) is 10.8. The average Bonchev–Trinajstić information content (AvgIpc) is 2.33. The van der Waals surface area contributed by atoms with Crippen LogP contribution in [0.4, 0.5) is 17.6 Å². The predicted octanol–water partition coefficient (Wildman–Crippen LogP) is 2.41. The molecular weight excluding hydrogens is 276 g/mol. The van der Waals surface area contributed by atoms with Crippen LogP contribution in [0.3, 0.4) is 0 Å². The van der Waals surface area contributed by atoms with E-state index in [2.05, 4.69) is 0 Å². The number of hydrogen-bond donors (Lipinski definition) is 1. The van der Waals surface area contributed by atoms with Gasteiger partial charge in [0.05, 0.1) is 16.7 Å². The summed E-state index contributed by atoms with van der Waals surface area (Å²) < 4.78 is 51.6. The number of halogens is 4. The van der Waals surface area contributed by atoms with Crippen molar-refractivity contribution < 1.29 is 22.4 Å². The van der Waals surface area contributed by atoms with Crippen molar-refractivity contribution in [3.8, 4) is 0 Å². The standard InChI is InChI=1S/C13H14F4N2O/c1-2-12(18)6-19(7-12)11(20)8-4-3-5-9(10(8)14)13(15,16)17/h3-5H,2,6-7,18H2,1H3. The van der Waals surface area contributed by atoms with Gasteiger partial charge in [-0.25, -0.2) is 4.39 Å². The van der Waals surface area contributed by atoms with Gasteiger partial charge < -0.3 is 10.6 Å². The summed E-state index contributed by atoms with van der Waals surface area (Å²) in [6.45, 7) is 2.29. The van der Waals surface area contributed by atoms with Crippen LogP contribution in [-0.2, 0) is 6.18 Å². The van der Waals surface area contributed by atoms with E-state index in [0.29, 0.717) is 12.5 Å². The van der Waals surface area contributed by atoms with Gasteiger partial charge in [0.25, 0.3) is 5.91 Å². The van der Waals surface area contributed by atoms with Gasteiger partial charge in [-0.15, -0.1) is 0 Å². The highest BCUT2D eigenvalue weighted by molar-refractivity contribution is 5.95. The van der Waals surface area contributed by atoms with Crippen LogP contribution in [0, 0.1) is 5.82 Å². The molecule has 0 aromatic heterocycles. The van der Waals surface area contributed by atoms with Crippen molar-refractivity contribution >= 4 is 5.91 Å². The maximum absolute atomic E-state index is 13.8. The summed E-state index contributed by atoms with van der Waals surface area (Å²) >= 11 is 0. The molecular formula is C13H14F4N2O. The van der Waals surface area contributed by atoms with E-state index in [1.54, 1.807) is 0 Å². The van der Waals surface area contributed by atoms with E-state index in [9.17, 15) is 22.4 Å². The molecule has 1 aromatic carbocycles. The first-order valence-corrected chi connectivity index (χ1v) is 6.12. The Morgan fingerprint density at radius 3 is 2.50 bits per heavy atom. The van der Waals surface area contributed by atoms with E-state index in [1.807, 2.05) is 6.92 Å². The number of amides is 1. The monoisotopic (exact) mass is 290 g/mol. The molecule has 0 atom stereocenters. The third-order valence-electron chi connectivity index (χ3n) is 3.54.